The molecule has 3 amide bonds. The highest BCUT2D eigenvalue weighted by atomic mass is 16.2. The molecule has 0 unspecified atom stereocenters. The van der Waals surface area contributed by atoms with Gasteiger partial charge in [-0.3, -0.25) is 25.2 Å². The zero-order chi connectivity index (χ0) is 20.5. The summed E-state index contributed by atoms with van der Waals surface area (Å²) in [6, 6.07) is 13.4. The molecular weight excluding hydrogens is 354 g/mol. The molecule has 0 fully saturated rings. The van der Waals surface area contributed by atoms with Gasteiger partial charge in [0.2, 0.25) is 11.8 Å². The zero-order valence-electron chi connectivity index (χ0n) is 16.3. The van der Waals surface area contributed by atoms with E-state index in [0.717, 1.165) is 27.9 Å². The summed E-state index contributed by atoms with van der Waals surface area (Å²) in [4.78, 5) is 35.5. The molecule has 2 rings (SSSR count). The standard InChI is InChI=1S/C22H25N3O3/c1-15-4-7-18(8-5-15)9-11-21(27)24-25-22(28)13-12-20(26)23-19-10-6-16(2)14-17(19)3/h4-11,14H,12-13H2,1-3H3,(H,23,26)(H,24,27)(H,25,28)/b11-9+. The van der Waals surface area contributed by atoms with Crippen molar-refractivity contribution in [1.29, 1.82) is 0 Å². The Hall–Kier alpha value is -3.41. The van der Waals surface area contributed by atoms with E-state index in [2.05, 4.69) is 16.2 Å². The van der Waals surface area contributed by atoms with Crippen molar-refractivity contribution < 1.29 is 14.4 Å². The lowest BCUT2D eigenvalue weighted by molar-refractivity contribution is -0.128. The second kappa shape index (κ2) is 10.1. The Balaban J connectivity index is 1.70. The minimum Gasteiger partial charge on any atom is -0.326 e. The van der Waals surface area contributed by atoms with Crippen LogP contribution in [-0.4, -0.2) is 17.7 Å². The molecule has 3 N–H and O–H groups in total. The fraction of sp³-hybridized carbons (Fsp3) is 0.227. The first-order valence-electron chi connectivity index (χ1n) is 9.04. The number of hydrogen-bond acceptors (Lipinski definition) is 3. The van der Waals surface area contributed by atoms with Gasteiger partial charge in [0.25, 0.3) is 5.91 Å². The van der Waals surface area contributed by atoms with Crippen molar-refractivity contribution in [2.45, 2.75) is 33.6 Å². The summed E-state index contributed by atoms with van der Waals surface area (Å²) in [5, 5.41) is 2.78. The Labute approximate surface area is 165 Å². The van der Waals surface area contributed by atoms with Crippen LogP contribution in [0.5, 0.6) is 0 Å². The predicted molar refractivity (Wildman–Crippen MR) is 110 cm³/mol. The highest BCUT2D eigenvalue weighted by Crippen LogP contribution is 2.16. The average Bonchev–Trinajstić information content (AvgIpc) is 2.66. The van der Waals surface area contributed by atoms with Gasteiger partial charge < -0.3 is 5.32 Å². The molecule has 0 aliphatic rings. The first-order valence-corrected chi connectivity index (χ1v) is 9.04. The van der Waals surface area contributed by atoms with Gasteiger partial charge in [-0.25, -0.2) is 0 Å². The van der Waals surface area contributed by atoms with Gasteiger partial charge in [-0.05, 0) is 44.0 Å². The van der Waals surface area contributed by atoms with Gasteiger partial charge in [0, 0.05) is 24.6 Å². The molecule has 2 aromatic carbocycles. The Morgan fingerprint density at radius 3 is 2.14 bits per heavy atom. The number of rotatable bonds is 6. The fourth-order valence-corrected chi connectivity index (χ4v) is 2.48. The highest BCUT2D eigenvalue weighted by molar-refractivity contribution is 5.95. The summed E-state index contributed by atoms with van der Waals surface area (Å²) >= 11 is 0. The maximum Gasteiger partial charge on any atom is 0.262 e. The van der Waals surface area contributed by atoms with Crippen LogP contribution in [-0.2, 0) is 14.4 Å². The number of carbonyl (C=O) groups excluding carboxylic acids is 3. The molecule has 6 heteroatoms. The molecule has 146 valence electrons. The normalized spacial score (nSPS) is 10.5. The van der Waals surface area contributed by atoms with Crippen molar-refractivity contribution in [1.82, 2.24) is 10.9 Å². The number of nitrogens with one attached hydrogen (secondary N) is 3. The molecule has 0 bridgehead atoms. The molecule has 0 spiro atoms. The lowest BCUT2D eigenvalue weighted by atomic mass is 10.1. The molecular formula is C22H25N3O3. The first kappa shape index (κ1) is 20.9. The number of anilines is 1. The van der Waals surface area contributed by atoms with Crippen molar-refractivity contribution in [3.8, 4) is 0 Å². The van der Waals surface area contributed by atoms with Crippen LogP contribution in [0.25, 0.3) is 6.08 Å². The fourth-order valence-electron chi connectivity index (χ4n) is 2.48. The minimum atomic E-state index is -0.450. The van der Waals surface area contributed by atoms with Crippen LogP contribution in [0.4, 0.5) is 5.69 Å². The van der Waals surface area contributed by atoms with E-state index in [0.29, 0.717) is 0 Å². The van der Waals surface area contributed by atoms with Crippen LogP contribution in [0.1, 0.15) is 35.1 Å². The van der Waals surface area contributed by atoms with E-state index in [1.807, 2.05) is 63.2 Å². The monoisotopic (exact) mass is 379 g/mol. The second-order valence-corrected chi connectivity index (χ2v) is 6.65. The maximum atomic E-state index is 12.0. The summed E-state index contributed by atoms with van der Waals surface area (Å²) < 4.78 is 0. The van der Waals surface area contributed by atoms with Crippen LogP contribution >= 0.6 is 0 Å². The van der Waals surface area contributed by atoms with E-state index in [-0.39, 0.29) is 18.7 Å². The number of carbonyl (C=O) groups is 3. The van der Waals surface area contributed by atoms with Gasteiger partial charge in [-0.15, -0.1) is 0 Å². The van der Waals surface area contributed by atoms with Crippen LogP contribution in [0.3, 0.4) is 0 Å². The minimum absolute atomic E-state index is 0.0220. The maximum absolute atomic E-state index is 12.0. The molecule has 0 aromatic heterocycles. The Kier molecular flexibility index (Phi) is 7.51. The Morgan fingerprint density at radius 1 is 0.821 bits per heavy atom. The molecule has 0 aliphatic carbocycles. The molecule has 0 radical (unpaired) electrons. The summed E-state index contributed by atoms with van der Waals surface area (Å²) in [7, 11) is 0. The molecule has 0 aliphatic heterocycles. The first-order chi connectivity index (χ1) is 13.3. The van der Waals surface area contributed by atoms with Gasteiger partial charge >= 0.3 is 0 Å². The van der Waals surface area contributed by atoms with E-state index >= 15 is 0 Å². The quantitative estimate of drug-likeness (QED) is 0.532. The molecule has 2 aromatic rings. The largest absolute Gasteiger partial charge is 0.326 e. The van der Waals surface area contributed by atoms with Crippen LogP contribution < -0.4 is 16.2 Å². The van der Waals surface area contributed by atoms with Crippen molar-refractivity contribution in [3.05, 3.63) is 70.8 Å². The Morgan fingerprint density at radius 2 is 1.46 bits per heavy atom. The third kappa shape index (κ3) is 7.07. The van der Waals surface area contributed by atoms with Crippen molar-refractivity contribution in [2.75, 3.05) is 5.32 Å². The van der Waals surface area contributed by atoms with E-state index in [9.17, 15) is 14.4 Å². The molecule has 0 saturated carbocycles. The third-order valence-electron chi connectivity index (χ3n) is 4.06. The lowest BCUT2D eigenvalue weighted by Crippen LogP contribution is -2.41. The van der Waals surface area contributed by atoms with E-state index in [1.165, 1.54) is 6.08 Å². The van der Waals surface area contributed by atoms with Crippen LogP contribution in [0, 0.1) is 20.8 Å². The van der Waals surface area contributed by atoms with E-state index in [1.54, 1.807) is 6.08 Å². The van der Waals surface area contributed by atoms with Crippen molar-refractivity contribution >= 4 is 29.5 Å². The van der Waals surface area contributed by atoms with Crippen LogP contribution in [0.15, 0.2) is 48.5 Å². The highest BCUT2D eigenvalue weighted by Gasteiger charge is 2.09. The second-order valence-electron chi connectivity index (χ2n) is 6.65. The number of amides is 3. The predicted octanol–water partition coefficient (Wildman–Crippen LogP) is 3.19. The van der Waals surface area contributed by atoms with Gasteiger partial charge in [0.1, 0.15) is 0 Å². The van der Waals surface area contributed by atoms with Crippen LogP contribution in [0.2, 0.25) is 0 Å². The summed E-state index contributed by atoms with van der Waals surface area (Å²) in [5.74, 6) is -1.14. The molecule has 28 heavy (non-hydrogen) atoms. The summed E-state index contributed by atoms with van der Waals surface area (Å²) in [6.07, 6.45) is 2.98. The van der Waals surface area contributed by atoms with E-state index in [4.69, 9.17) is 0 Å². The van der Waals surface area contributed by atoms with Crippen molar-refractivity contribution in [3.63, 3.8) is 0 Å². The number of hydrazine groups is 1. The molecule has 0 heterocycles. The number of aryl methyl sites for hydroxylation is 3. The SMILES string of the molecule is Cc1ccc(/C=C/C(=O)NNC(=O)CCC(=O)Nc2ccc(C)cc2C)cc1. The molecule has 6 nitrogen and oxygen atoms in total. The van der Waals surface area contributed by atoms with Gasteiger partial charge in [-0.2, -0.15) is 0 Å². The lowest BCUT2D eigenvalue weighted by Gasteiger charge is -2.09. The smallest absolute Gasteiger partial charge is 0.262 e. The van der Waals surface area contributed by atoms with Gasteiger partial charge in [0.05, 0.1) is 0 Å². The molecule has 0 atom stereocenters. The van der Waals surface area contributed by atoms with Crippen molar-refractivity contribution in [2.24, 2.45) is 0 Å². The third-order valence-corrected chi connectivity index (χ3v) is 4.06. The van der Waals surface area contributed by atoms with E-state index < -0.39 is 11.8 Å². The van der Waals surface area contributed by atoms with Gasteiger partial charge in [-0.1, -0.05) is 47.5 Å². The zero-order valence-corrected chi connectivity index (χ0v) is 16.3. The summed E-state index contributed by atoms with van der Waals surface area (Å²) in [5.41, 5.74) is 9.41. The summed E-state index contributed by atoms with van der Waals surface area (Å²) in [6.45, 7) is 5.88. The van der Waals surface area contributed by atoms with Gasteiger partial charge in [0.15, 0.2) is 0 Å². The average molecular weight is 379 g/mol. The molecule has 0 saturated heterocycles. The number of benzene rings is 2. The number of hydrogen-bond donors (Lipinski definition) is 3. The Bertz CT molecular complexity index is 886. The topological polar surface area (TPSA) is 87.3 Å².